The molecule has 2 aliphatic carbocycles. The molecule has 0 aromatic heterocycles. The first-order valence-electron chi connectivity index (χ1n) is 7.50. The molecule has 1 saturated heterocycles. The molecule has 1 heterocycles. The maximum atomic E-state index is 12.5. The Morgan fingerprint density at radius 1 is 1.26 bits per heavy atom. The van der Waals surface area contributed by atoms with Gasteiger partial charge in [-0.25, -0.2) is 0 Å². The quantitative estimate of drug-likeness (QED) is 0.822. The lowest BCUT2D eigenvalue weighted by atomic mass is 9.82. The van der Waals surface area contributed by atoms with Gasteiger partial charge in [-0.3, -0.25) is 9.59 Å². The van der Waals surface area contributed by atoms with Crippen LogP contribution >= 0.6 is 0 Å². The molecule has 0 aromatic rings. The van der Waals surface area contributed by atoms with Crippen LogP contribution in [-0.4, -0.2) is 34.8 Å². The average Bonchev–Trinajstić information content (AvgIpc) is 2.94. The Labute approximate surface area is 114 Å². The Bertz CT molecular complexity index is 418. The molecule has 1 aliphatic heterocycles. The second-order valence-electron chi connectivity index (χ2n) is 7.19. The molecule has 3 rings (SSSR count). The van der Waals surface area contributed by atoms with Crippen molar-refractivity contribution in [2.24, 2.45) is 17.8 Å². The molecule has 0 aromatic carbocycles. The standard InChI is InChI=1S/C15H24N2O2/c1-9(12-7-10-4-5-11(12)6-10)17-8-13(18)16-15(2,3)14(17)19/h9-12H,4-8H2,1-3H3,(H,16,18). The third kappa shape index (κ3) is 2.05. The number of nitrogens with one attached hydrogen (secondary N) is 1. The van der Waals surface area contributed by atoms with Crippen molar-refractivity contribution in [2.45, 2.75) is 58.0 Å². The van der Waals surface area contributed by atoms with Crippen LogP contribution in [0.15, 0.2) is 0 Å². The molecule has 3 fully saturated rings. The highest BCUT2D eigenvalue weighted by atomic mass is 16.2. The molecule has 4 heteroatoms. The lowest BCUT2D eigenvalue weighted by Gasteiger charge is -2.43. The third-order valence-corrected chi connectivity index (χ3v) is 5.47. The van der Waals surface area contributed by atoms with Crippen molar-refractivity contribution in [1.82, 2.24) is 10.2 Å². The third-order valence-electron chi connectivity index (χ3n) is 5.47. The lowest BCUT2D eigenvalue weighted by Crippen LogP contribution is -2.66. The number of hydrogen-bond donors (Lipinski definition) is 1. The molecule has 2 saturated carbocycles. The molecule has 4 nitrogen and oxygen atoms in total. The fraction of sp³-hybridized carbons (Fsp3) is 0.867. The van der Waals surface area contributed by atoms with Crippen molar-refractivity contribution >= 4 is 11.8 Å². The van der Waals surface area contributed by atoms with E-state index in [9.17, 15) is 9.59 Å². The van der Waals surface area contributed by atoms with Gasteiger partial charge in [0.05, 0.1) is 6.54 Å². The predicted octanol–water partition coefficient (Wildman–Crippen LogP) is 1.55. The summed E-state index contributed by atoms with van der Waals surface area (Å²) < 4.78 is 0. The first-order chi connectivity index (χ1) is 8.88. The van der Waals surface area contributed by atoms with Crippen molar-refractivity contribution in [3.8, 4) is 0 Å². The van der Waals surface area contributed by atoms with Crippen LogP contribution in [0.5, 0.6) is 0 Å². The fourth-order valence-corrected chi connectivity index (χ4v) is 4.47. The predicted molar refractivity (Wildman–Crippen MR) is 72.3 cm³/mol. The van der Waals surface area contributed by atoms with E-state index in [2.05, 4.69) is 12.2 Å². The van der Waals surface area contributed by atoms with Crippen LogP contribution in [-0.2, 0) is 9.59 Å². The maximum Gasteiger partial charge on any atom is 0.248 e. The minimum atomic E-state index is -0.749. The van der Waals surface area contributed by atoms with E-state index in [0.29, 0.717) is 5.92 Å². The summed E-state index contributed by atoms with van der Waals surface area (Å²) >= 11 is 0. The minimum Gasteiger partial charge on any atom is -0.341 e. The molecule has 2 bridgehead atoms. The Balaban J connectivity index is 1.77. The highest BCUT2D eigenvalue weighted by Crippen LogP contribution is 2.50. The molecule has 0 radical (unpaired) electrons. The number of carbonyl (C=O) groups excluding carboxylic acids is 2. The number of carbonyl (C=O) groups is 2. The van der Waals surface area contributed by atoms with Gasteiger partial charge >= 0.3 is 0 Å². The Kier molecular flexibility index (Phi) is 2.88. The monoisotopic (exact) mass is 264 g/mol. The number of fused-ring (bicyclic) bond motifs is 2. The summed E-state index contributed by atoms with van der Waals surface area (Å²) in [6.07, 6.45) is 5.27. The van der Waals surface area contributed by atoms with Gasteiger partial charge < -0.3 is 10.2 Å². The van der Waals surface area contributed by atoms with Gasteiger partial charge in [0.25, 0.3) is 0 Å². The largest absolute Gasteiger partial charge is 0.341 e. The number of rotatable bonds is 2. The zero-order chi connectivity index (χ0) is 13.8. The summed E-state index contributed by atoms with van der Waals surface area (Å²) in [5, 5.41) is 2.78. The molecule has 106 valence electrons. The average molecular weight is 264 g/mol. The summed E-state index contributed by atoms with van der Waals surface area (Å²) in [4.78, 5) is 26.1. The fourth-order valence-electron chi connectivity index (χ4n) is 4.47. The summed E-state index contributed by atoms with van der Waals surface area (Å²) in [5.74, 6) is 2.30. The van der Waals surface area contributed by atoms with Crippen LogP contribution in [0.4, 0.5) is 0 Å². The lowest BCUT2D eigenvalue weighted by molar-refractivity contribution is -0.152. The van der Waals surface area contributed by atoms with Gasteiger partial charge in [-0.1, -0.05) is 6.42 Å². The molecule has 3 aliphatic rings. The number of piperazine rings is 1. The minimum absolute atomic E-state index is 0.0281. The topological polar surface area (TPSA) is 49.4 Å². The van der Waals surface area contributed by atoms with Crippen molar-refractivity contribution in [3.05, 3.63) is 0 Å². The second-order valence-corrected chi connectivity index (χ2v) is 7.19. The van der Waals surface area contributed by atoms with Gasteiger partial charge in [-0.05, 0) is 57.8 Å². The van der Waals surface area contributed by atoms with Gasteiger partial charge in [-0.2, -0.15) is 0 Å². The Morgan fingerprint density at radius 3 is 2.58 bits per heavy atom. The van der Waals surface area contributed by atoms with E-state index in [4.69, 9.17) is 0 Å². The smallest absolute Gasteiger partial charge is 0.248 e. The molecular formula is C15H24N2O2. The van der Waals surface area contributed by atoms with Gasteiger partial charge in [0.15, 0.2) is 0 Å². The first kappa shape index (κ1) is 12.9. The summed E-state index contributed by atoms with van der Waals surface area (Å²) in [6, 6.07) is 0.202. The number of amides is 2. The van der Waals surface area contributed by atoms with Gasteiger partial charge in [0.2, 0.25) is 11.8 Å². The SMILES string of the molecule is CC(C1CC2CCC1C2)N1CC(=O)NC(C)(C)C1=O. The van der Waals surface area contributed by atoms with Gasteiger partial charge in [-0.15, -0.1) is 0 Å². The van der Waals surface area contributed by atoms with Crippen LogP contribution in [0.2, 0.25) is 0 Å². The van der Waals surface area contributed by atoms with Crippen LogP contribution in [0, 0.1) is 17.8 Å². The molecule has 0 spiro atoms. The van der Waals surface area contributed by atoms with Crippen LogP contribution in [0.3, 0.4) is 0 Å². The molecule has 4 atom stereocenters. The molecule has 2 amide bonds. The molecular weight excluding hydrogens is 240 g/mol. The van der Waals surface area contributed by atoms with E-state index in [1.54, 1.807) is 13.8 Å². The highest BCUT2D eigenvalue weighted by molar-refractivity contribution is 5.97. The normalized spacial score (nSPS) is 38.5. The molecule has 1 N–H and O–H groups in total. The van der Waals surface area contributed by atoms with E-state index in [1.807, 2.05) is 4.90 Å². The van der Waals surface area contributed by atoms with E-state index in [1.165, 1.54) is 25.7 Å². The first-order valence-corrected chi connectivity index (χ1v) is 7.50. The zero-order valence-corrected chi connectivity index (χ0v) is 12.1. The van der Waals surface area contributed by atoms with E-state index < -0.39 is 5.54 Å². The maximum absolute atomic E-state index is 12.5. The van der Waals surface area contributed by atoms with Crippen LogP contribution in [0.1, 0.15) is 46.5 Å². The summed E-state index contributed by atoms with van der Waals surface area (Å²) in [7, 11) is 0. The summed E-state index contributed by atoms with van der Waals surface area (Å²) in [6.45, 7) is 5.97. The Hall–Kier alpha value is -1.06. The highest BCUT2D eigenvalue weighted by Gasteiger charge is 2.47. The van der Waals surface area contributed by atoms with E-state index in [-0.39, 0.29) is 24.4 Å². The zero-order valence-electron chi connectivity index (χ0n) is 12.1. The van der Waals surface area contributed by atoms with E-state index >= 15 is 0 Å². The van der Waals surface area contributed by atoms with Gasteiger partial charge in [0, 0.05) is 6.04 Å². The van der Waals surface area contributed by atoms with Crippen molar-refractivity contribution in [3.63, 3.8) is 0 Å². The van der Waals surface area contributed by atoms with Crippen molar-refractivity contribution in [2.75, 3.05) is 6.54 Å². The number of nitrogens with zero attached hydrogens (tertiary/aromatic N) is 1. The summed E-state index contributed by atoms with van der Waals surface area (Å²) in [5.41, 5.74) is -0.749. The second kappa shape index (κ2) is 4.22. The van der Waals surface area contributed by atoms with Crippen LogP contribution < -0.4 is 5.32 Å². The Morgan fingerprint density at radius 2 is 2.00 bits per heavy atom. The van der Waals surface area contributed by atoms with Gasteiger partial charge in [0.1, 0.15) is 5.54 Å². The molecule has 4 unspecified atom stereocenters. The van der Waals surface area contributed by atoms with E-state index in [0.717, 1.165) is 11.8 Å². The van der Waals surface area contributed by atoms with Crippen LogP contribution in [0.25, 0.3) is 0 Å². The van der Waals surface area contributed by atoms with Crippen molar-refractivity contribution in [1.29, 1.82) is 0 Å². The molecule has 19 heavy (non-hydrogen) atoms. The van der Waals surface area contributed by atoms with Crippen molar-refractivity contribution < 1.29 is 9.59 Å². The number of hydrogen-bond acceptors (Lipinski definition) is 2.